The summed E-state index contributed by atoms with van der Waals surface area (Å²) in [6, 6.07) is 13.8. The van der Waals surface area contributed by atoms with Crippen LogP contribution in [0.2, 0.25) is 0 Å². The van der Waals surface area contributed by atoms with Crippen LogP contribution in [0.1, 0.15) is 11.1 Å². The molecule has 0 unspecified atom stereocenters. The number of aryl methyl sites for hydroxylation is 1. The minimum Gasteiger partial charge on any atom is -0.339 e. The molecule has 5 aromatic rings. The van der Waals surface area contributed by atoms with Gasteiger partial charge in [0.15, 0.2) is 5.65 Å². The maximum absolute atomic E-state index is 9.60. The molecule has 0 aliphatic heterocycles. The van der Waals surface area contributed by atoms with Gasteiger partial charge in [-0.25, -0.2) is 19.6 Å². The fraction of sp³-hybridized carbons (Fsp3) is 0.0500. The van der Waals surface area contributed by atoms with Crippen molar-refractivity contribution in [1.29, 1.82) is 5.26 Å². The lowest BCUT2D eigenvalue weighted by Gasteiger charge is -2.11. The van der Waals surface area contributed by atoms with E-state index in [2.05, 4.69) is 31.4 Å². The van der Waals surface area contributed by atoms with Gasteiger partial charge in [-0.1, -0.05) is 12.1 Å². The van der Waals surface area contributed by atoms with Gasteiger partial charge in [0.2, 0.25) is 5.95 Å². The number of rotatable bonds is 3. The van der Waals surface area contributed by atoms with E-state index in [1.54, 1.807) is 29.3 Å². The molecule has 4 heterocycles. The minimum atomic E-state index is 0.491. The van der Waals surface area contributed by atoms with Crippen LogP contribution in [0.4, 0.5) is 11.5 Å². The molecular weight excluding hydrogens is 352 g/mol. The summed E-state index contributed by atoms with van der Waals surface area (Å²) in [4.78, 5) is 13.1. The van der Waals surface area contributed by atoms with E-state index in [9.17, 15) is 5.26 Å². The molecule has 5 rings (SSSR count). The molecule has 0 saturated heterocycles. The molecule has 0 amide bonds. The monoisotopic (exact) mass is 366 g/mol. The van der Waals surface area contributed by atoms with E-state index in [0.717, 1.165) is 28.1 Å². The SMILES string of the molecule is Cc1cc(Nc2cnn(-c3ncccn3)c2)n2c(nc3ccccc32)c1C#N. The molecule has 0 radical (unpaired) electrons. The number of nitrogens with one attached hydrogen (secondary N) is 1. The number of imidazole rings is 1. The van der Waals surface area contributed by atoms with Crippen molar-refractivity contribution in [3.05, 3.63) is 72.3 Å². The summed E-state index contributed by atoms with van der Waals surface area (Å²) in [6.07, 6.45) is 6.85. The molecular formula is C20H14N8. The van der Waals surface area contributed by atoms with Gasteiger partial charge in [-0.3, -0.25) is 4.40 Å². The van der Waals surface area contributed by atoms with Crippen molar-refractivity contribution in [2.75, 3.05) is 5.32 Å². The molecule has 134 valence electrons. The van der Waals surface area contributed by atoms with Gasteiger partial charge in [0.25, 0.3) is 0 Å². The lowest BCUT2D eigenvalue weighted by molar-refractivity contribution is 0.808. The molecule has 28 heavy (non-hydrogen) atoms. The zero-order valence-corrected chi connectivity index (χ0v) is 14.9. The Bertz CT molecular complexity index is 1360. The van der Waals surface area contributed by atoms with Crippen molar-refractivity contribution in [1.82, 2.24) is 29.1 Å². The van der Waals surface area contributed by atoms with Crippen molar-refractivity contribution in [2.45, 2.75) is 6.92 Å². The van der Waals surface area contributed by atoms with E-state index in [-0.39, 0.29) is 0 Å². The molecule has 0 spiro atoms. The van der Waals surface area contributed by atoms with Gasteiger partial charge in [-0.05, 0) is 36.8 Å². The number of pyridine rings is 1. The number of para-hydroxylation sites is 2. The van der Waals surface area contributed by atoms with Gasteiger partial charge in [0.1, 0.15) is 11.9 Å². The fourth-order valence-electron chi connectivity index (χ4n) is 3.24. The lowest BCUT2D eigenvalue weighted by Crippen LogP contribution is -2.02. The van der Waals surface area contributed by atoms with Crippen molar-refractivity contribution in [2.24, 2.45) is 0 Å². The highest BCUT2D eigenvalue weighted by atomic mass is 15.3. The molecule has 0 bridgehead atoms. The molecule has 8 heteroatoms. The number of fused-ring (bicyclic) bond motifs is 3. The molecule has 0 aliphatic rings. The van der Waals surface area contributed by atoms with E-state index in [1.165, 1.54) is 0 Å². The second kappa shape index (κ2) is 6.17. The van der Waals surface area contributed by atoms with Crippen molar-refractivity contribution in [3.63, 3.8) is 0 Å². The maximum Gasteiger partial charge on any atom is 0.250 e. The minimum absolute atomic E-state index is 0.491. The summed E-state index contributed by atoms with van der Waals surface area (Å²) in [5.41, 5.74) is 4.58. The Morgan fingerprint density at radius 2 is 1.93 bits per heavy atom. The number of nitriles is 1. The van der Waals surface area contributed by atoms with Crippen LogP contribution in [0.5, 0.6) is 0 Å². The maximum atomic E-state index is 9.60. The molecule has 0 aliphatic carbocycles. The van der Waals surface area contributed by atoms with E-state index >= 15 is 0 Å². The predicted molar refractivity (Wildman–Crippen MR) is 105 cm³/mol. The molecule has 4 aromatic heterocycles. The van der Waals surface area contributed by atoms with E-state index in [1.807, 2.05) is 47.9 Å². The number of benzene rings is 1. The normalized spacial score (nSPS) is 11.0. The summed E-state index contributed by atoms with van der Waals surface area (Å²) >= 11 is 0. The van der Waals surface area contributed by atoms with E-state index in [0.29, 0.717) is 17.2 Å². The third kappa shape index (κ3) is 2.46. The van der Waals surface area contributed by atoms with Crippen LogP contribution >= 0.6 is 0 Å². The highest BCUT2D eigenvalue weighted by Crippen LogP contribution is 2.28. The standard InChI is InChI=1S/C20H14N8/c1-13-9-18(25-14-11-24-27(12-14)20-22-7-4-8-23-20)28-17-6-3-2-5-16(17)26-19(28)15(13)10-21/h2-9,11-12,25H,1H3. The summed E-state index contributed by atoms with van der Waals surface area (Å²) in [5, 5.41) is 17.3. The van der Waals surface area contributed by atoms with Crippen LogP contribution in [0.25, 0.3) is 22.6 Å². The number of hydrogen-bond acceptors (Lipinski definition) is 6. The molecule has 8 nitrogen and oxygen atoms in total. The van der Waals surface area contributed by atoms with Gasteiger partial charge in [0, 0.05) is 12.4 Å². The Hall–Kier alpha value is -4.25. The van der Waals surface area contributed by atoms with Gasteiger partial charge in [0.05, 0.1) is 34.7 Å². The van der Waals surface area contributed by atoms with E-state index in [4.69, 9.17) is 0 Å². The summed E-state index contributed by atoms with van der Waals surface area (Å²) in [5.74, 6) is 1.29. The first kappa shape index (κ1) is 16.0. The molecule has 0 atom stereocenters. The topological polar surface area (TPSA) is 96.7 Å². The van der Waals surface area contributed by atoms with Crippen molar-refractivity contribution >= 4 is 28.2 Å². The average Bonchev–Trinajstić information content (AvgIpc) is 3.33. The van der Waals surface area contributed by atoms with Crippen LogP contribution in [0.15, 0.2) is 61.2 Å². The zero-order valence-electron chi connectivity index (χ0n) is 14.9. The van der Waals surface area contributed by atoms with Crippen molar-refractivity contribution < 1.29 is 0 Å². The zero-order chi connectivity index (χ0) is 19.1. The number of aromatic nitrogens is 6. The molecule has 0 saturated carbocycles. The quantitative estimate of drug-likeness (QED) is 0.526. The van der Waals surface area contributed by atoms with Crippen LogP contribution in [-0.2, 0) is 0 Å². The van der Waals surface area contributed by atoms with Gasteiger partial charge in [-0.2, -0.15) is 10.4 Å². The predicted octanol–water partition coefficient (Wildman–Crippen LogP) is 3.39. The number of nitrogens with zero attached hydrogens (tertiary/aromatic N) is 7. The average molecular weight is 366 g/mol. The van der Waals surface area contributed by atoms with Gasteiger partial charge < -0.3 is 5.32 Å². The fourth-order valence-corrected chi connectivity index (χ4v) is 3.24. The van der Waals surface area contributed by atoms with Gasteiger partial charge >= 0.3 is 0 Å². The van der Waals surface area contributed by atoms with Crippen LogP contribution in [-0.4, -0.2) is 29.1 Å². The highest BCUT2D eigenvalue weighted by Gasteiger charge is 2.15. The largest absolute Gasteiger partial charge is 0.339 e. The second-order valence-corrected chi connectivity index (χ2v) is 6.31. The summed E-state index contributed by atoms with van der Waals surface area (Å²) < 4.78 is 3.55. The number of hydrogen-bond donors (Lipinski definition) is 1. The van der Waals surface area contributed by atoms with E-state index < -0.39 is 0 Å². The first-order chi connectivity index (χ1) is 13.7. The Kier molecular flexibility index (Phi) is 3.52. The van der Waals surface area contributed by atoms with Crippen LogP contribution in [0, 0.1) is 18.3 Å². The Morgan fingerprint density at radius 3 is 2.75 bits per heavy atom. The Morgan fingerprint density at radius 1 is 1.11 bits per heavy atom. The Balaban J connectivity index is 1.66. The molecule has 1 aromatic carbocycles. The first-order valence-electron chi connectivity index (χ1n) is 8.64. The smallest absolute Gasteiger partial charge is 0.250 e. The first-order valence-corrected chi connectivity index (χ1v) is 8.64. The third-order valence-corrected chi connectivity index (χ3v) is 4.50. The highest BCUT2D eigenvalue weighted by molar-refractivity contribution is 5.85. The van der Waals surface area contributed by atoms with Gasteiger partial charge in [-0.15, -0.1) is 0 Å². The second-order valence-electron chi connectivity index (χ2n) is 6.31. The molecule has 0 fully saturated rings. The summed E-state index contributed by atoms with van der Waals surface area (Å²) in [6.45, 7) is 1.91. The molecule has 1 N–H and O–H groups in total. The lowest BCUT2D eigenvalue weighted by atomic mass is 10.1. The summed E-state index contributed by atoms with van der Waals surface area (Å²) in [7, 11) is 0. The van der Waals surface area contributed by atoms with Crippen LogP contribution in [0.3, 0.4) is 0 Å². The van der Waals surface area contributed by atoms with Crippen molar-refractivity contribution in [3.8, 4) is 12.0 Å². The third-order valence-electron chi connectivity index (χ3n) is 4.50. The van der Waals surface area contributed by atoms with Crippen LogP contribution < -0.4 is 5.32 Å². The number of anilines is 2. The Labute approximate surface area is 159 Å².